The summed E-state index contributed by atoms with van der Waals surface area (Å²) in [5.41, 5.74) is 5.65. The van der Waals surface area contributed by atoms with Gasteiger partial charge in [-0.1, -0.05) is 68.1 Å². The molecule has 2 aliphatic rings. The Morgan fingerprint density at radius 1 is 0.977 bits per heavy atom. The zero-order valence-corrected chi connectivity index (χ0v) is 25.2. The van der Waals surface area contributed by atoms with E-state index in [2.05, 4.69) is 46.6 Å². The largest absolute Gasteiger partial charge is 0.480 e. The minimum atomic E-state index is -3.38. The van der Waals surface area contributed by atoms with Crippen molar-refractivity contribution in [1.82, 2.24) is 10.2 Å². The topological polar surface area (TPSA) is 104 Å². The van der Waals surface area contributed by atoms with Crippen LogP contribution in [-0.2, 0) is 27.6 Å². The van der Waals surface area contributed by atoms with Gasteiger partial charge in [-0.15, -0.1) is 0 Å². The number of sulfone groups is 1. The van der Waals surface area contributed by atoms with Crippen LogP contribution < -0.4 is 5.32 Å². The average Bonchev–Trinajstić information content (AvgIpc) is 3.77. The van der Waals surface area contributed by atoms with Crippen LogP contribution in [0.15, 0.2) is 72.8 Å². The normalized spacial score (nSPS) is 16.5. The molecule has 8 heteroatoms. The predicted molar refractivity (Wildman–Crippen MR) is 172 cm³/mol. The van der Waals surface area contributed by atoms with Gasteiger partial charge in [-0.3, -0.25) is 9.69 Å². The molecular weight excluding hydrogens is 560 g/mol. The highest BCUT2D eigenvalue weighted by Gasteiger charge is 2.47. The van der Waals surface area contributed by atoms with Gasteiger partial charge in [0.25, 0.3) is 5.91 Å². The fourth-order valence-electron chi connectivity index (χ4n) is 6.20. The minimum Gasteiger partial charge on any atom is -0.480 e. The molecule has 0 aliphatic heterocycles. The molecule has 1 atom stereocenters. The smallest absolute Gasteiger partial charge is 0.326 e. The standard InChI is InChI=1S/C34H40N2O5S.CH4/c1-24-9-6-7-12-28(24)30-21-26(13-16-29(30)32(37)35-31(33(38)39)17-20-42(2,40)41)23-36(27-14-15-27)34(18-8-19-34)22-25-10-4-3-5-11-25;/h3-7,9-13,16,21,27,31H,8,14-15,17-20,22-23H2,1-2H3,(H,35,37)(H,38,39);1H4/t31-;/m0./s1. The van der Waals surface area contributed by atoms with Gasteiger partial charge in [-0.05, 0) is 91.8 Å². The Morgan fingerprint density at radius 2 is 1.65 bits per heavy atom. The summed E-state index contributed by atoms with van der Waals surface area (Å²) in [5.74, 6) is -2.11. The third-order valence-electron chi connectivity index (χ3n) is 8.75. The molecule has 3 aromatic carbocycles. The third kappa shape index (κ3) is 7.92. The van der Waals surface area contributed by atoms with Crippen molar-refractivity contribution in [2.45, 2.75) is 83.5 Å². The second kappa shape index (κ2) is 13.4. The minimum absolute atomic E-state index is 0. The van der Waals surface area contributed by atoms with Crippen LogP contribution in [0.2, 0.25) is 0 Å². The fraction of sp³-hybridized carbons (Fsp3) is 0.429. The Labute approximate surface area is 256 Å². The number of aryl methyl sites for hydroxylation is 1. The number of nitrogens with zero attached hydrogens (tertiary/aromatic N) is 1. The van der Waals surface area contributed by atoms with Crippen molar-refractivity contribution in [3.63, 3.8) is 0 Å². The first-order valence-electron chi connectivity index (χ1n) is 14.8. The van der Waals surface area contributed by atoms with Gasteiger partial charge >= 0.3 is 5.97 Å². The average molecular weight is 605 g/mol. The van der Waals surface area contributed by atoms with Gasteiger partial charge in [-0.25, -0.2) is 13.2 Å². The molecule has 2 aliphatic carbocycles. The number of carbonyl (C=O) groups excluding carboxylic acids is 1. The quantitative estimate of drug-likeness (QED) is 0.246. The van der Waals surface area contributed by atoms with Crippen molar-refractivity contribution in [1.29, 1.82) is 0 Å². The van der Waals surface area contributed by atoms with Crippen molar-refractivity contribution >= 4 is 21.7 Å². The van der Waals surface area contributed by atoms with Gasteiger partial charge in [0.15, 0.2) is 0 Å². The Morgan fingerprint density at radius 3 is 2.23 bits per heavy atom. The highest BCUT2D eigenvalue weighted by Crippen LogP contribution is 2.47. The number of carbonyl (C=O) groups is 2. The number of rotatable bonds is 13. The highest BCUT2D eigenvalue weighted by molar-refractivity contribution is 7.90. The summed E-state index contributed by atoms with van der Waals surface area (Å²) in [5, 5.41) is 12.3. The number of nitrogens with one attached hydrogen (secondary N) is 1. The van der Waals surface area contributed by atoms with E-state index in [0.717, 1.165) is 41.5 Å². The van der Waals surface area contributed by atoms with Crippen molar-refractivity contribution in [2.24, 2.45) is 0 Å². The van der Waals surface area contributed by atoms with E-state index >= 15 is 0 Å². The molecule has 43 heavy (non-hydrogen) atoms. The van der Waals surface area contributed by atoms with Crippen molar-refractivity contribution in [3.8, 4) is 11.1 Å². The number of benzene rings is 3. The second-order valence-electron chi connectivity index (χ2n) is 12.1. The maximum Gasteiger partial charge on any atom is 0.326 e. The zero-order chi connectivity index (χ0) is 29.9. The van der Waals surface area contributed by atoms with Gasteiger partial charge in [0.2, 0.25) is 0 Å². The molecule has 2 N–H and O–H groups in total. The summed E-state index contributed by atoms with van der Waals surface area (Å²) < 4.78 is 23.3. The molecule has 7 nitrogen and oxygen atoms in total. The summed E-state index contributed by atoms with van der Waals surface area (Å²) in [7, 11) is -3.38. The van der Waals surface area contributed by atoms with Gasteiger partial charge in [-0.2, -0.15) is 0 Å². The predicted octanol–water partition coefficient (Wildman–Crippen LogP) is 6.05. The maximum atomic E-state index is 13.5. The van der Waals surface area contributed by atoms with Crippen LogP contribution >= 0.6 is 0 Å². The molecule has 0 bridgehead atoms. The molecule has 0 spiro atoms. The molecule has 0 saturated heterocycles. The summed E-state index contributed by atoms with van der Waals surface area (Å²) in [4.78, 5) is 28.1. The highest BCUT2D eigenvalue weighted by atomic mass is 32.2. The number of aliphatic carboxylic acids is 1. The molecule has 0 radical (unpaired) electrons. The molecule has 0 unspecified atom stereocenters. The number of carboxylic acid groups (broad SMARTS) is 1. The van der Waals surface area contributed by atoms with Crippen LogP contribution in [-0.4, -0.2) is 59.9 Å². The Balaban J connectivity index is 0.00000423. The lowest BCUT2D eigenvalue weighted by Crippen LogP contribution is -2.55. The van der Waals surface area contributed by atoms with E-state index in [-0.39, 0.29) is 25.1 Å². The van der Waals surface area contributed by atoms with Crippen LogP contribution in [0.3, 0.4) is 0 Å². The lowest BCUT2D eigenvalue weighted by Gasteiger charge is -2.51. The first-order valence-corrected chi connectivity index (χ1v) is 16.8. The summed E-state index contributed by atoms with van der Waals surface area (Å²) in [6, 6.07) is 23.7. The van der Waals surface area contributed by atoms with Crippen LogP contribution in [0.1, 0.15) is 73.0 Å². The third-order valence-corrected chi connectivity index (χ3v) is 9.73. The SMILES string of the molecule is C.Cc1ccccc1-c1cc(CN(C2CC2)C2(Cc3ccccc3)CCC2)ccc1C(=O)N[C@@H](CCS(C)(=O)=O)C(=O)O. The van der Waals surface area contributed by atoms with Crippen molar-refractivity contribution < 1.29 is 23.1 Å². The first kappa shape index (κ1) is 32.4. The molecule has 1 amide bonds. The lowest BCUT2D eigenvalue weighted by atomic mass is 9.71. The summed E-state index contributed by atoms with van der Waals surface area (Å²) in [6.07, 6.45) is 7.87. The monoisotopic (exact) mass is 604 g/mol. The van der Waals surface area contributed by atoms with Crippen LogP contribution in [0.25, 0.3) is 11.1 Å². The molecule has 0 aromatic heterocycles. The van der Waals surface area contributed by atoms with Crippen molar-refractivity contribution in [2.75, 3.05) is 12.0 Å². The lowest BCUT2D eigenvalue weighted by molar-refractivity contribution is -0.139. The Hall–Kier alpha value is -3.49. The number of amides is 1. The van der Waals surface area contributed by atoms with E-state index < -0.39 is 27.8 Å². The van der Waals surface area contributed by atoms with Gasteiger partial charge in [0.05, 0.1) is 5.75 Å². The van der Waals surface area contributed by atoms with Gasteiger partial charge in [0, 0.05) is 29.9 Å². The number of hydrogen-bond acceptors (Lipinski definition) is 5. The fourth-order valence-corrected chi connectivity index (χ4v) is 6.87. The van der Waals surface area contributed by atoms with Gasteiger partial charge < -0.3 is 10.4 Å². The van der Waals surface area contributed by atoms with E-state index in [4.69, 9.17) is 0 Å². The molecule has 0 heterocycles. The Bertz CT molecular complexity index is 1550. The number of hydrogen-bond donors (Lipinski definition) is 2. The van der Waals surface area contributed by atoms with E-state index in [9.17, 15) is 23.1 Å². The van der Waals surface area contributed by atoms with E-state index in [0.29, 0.717) is 11.6 Å². The van der Waals surface area contributed by atoms with E-state index in [1.54, 1.807) is 6.07 Å². The van der Waals surface area contributed by atoms with E-state index in [1.807, 2.05) is 37.3 Å². The maximum absolute atomic E-state index is 13.5. The molecule has 2 saturated carbocycles. The summed E-state index contributed by atoms with van der Waals surface area (Å²) >= 11 is 0. The van der Waals surface area contributed by atoms with Crippen LogP contribution in [0, 0.1) is 6.92 Å². The molecule has 230 valence electrons. The van der Waals surface area contributed by atoms with Crippen LogP contribution in [0.4, 0.5) is 0 Å². The Kier molecular flexibility index (Phi) is 10.1. The molecule has 2 fully saturated rings. The molecular formula is C35H44N2O5S. The van der Waals surface area contributed by atoms with E-state index in [1.165, 1.54) is 37.7 Å². The van der Waals surface area contributed by atoms with Gasteiger partial charge in [0.1, 0.15) is 15.9 Å². The first-order chi connectivity index (χ1) is 20.0. The molecule has 3 aromatic rings. The summed E-state index contributed by atoms with van der Waals surface area (Å²) in [6.45, 7) is 2.78. The molecule has 5 rings (SSSR count). The number of carboxylic acids is 1. The second-order valence-corrected chi connectivity index (χ2v) is 14.3. The zero-order valence-electron chi connectivity index (χ0n) is 24.4. The van der Waals surface area contributed by atoms with Crippen LogP contribution in [0.5, 0.6) is 0 Å². The van der Waals surface area contributed by atoms with Crippen molar-refractivity contribution in [3.05, 3.63) is 95.1 Å².